The summed E-state index contributed by atoms with van der Waals surface area (Å²) in [5.41, 5.74) is 7.07. The predicted molar refractivity (Wildman–Crippen MR) is 81.2 cm³/mol. The fourth-order valence-electron chi connectivity index (χ4n) is 1.76. The number of pyridine rings is 1. The van der Waals surface area contributed by atoms with Gasteiger partial charge in [0, 0.05) is 18.3 Å². The molecule has 0 saturated carbocycles. The fraction of sp³-hybridized carbons (Fsp3) is 0.143. The molecule has 2 aromatic rings. The van der Waals surface area contributed by atoms with Gasteiger partial charge in [-0.1, -0.05) is 11.6 Å². The van der Waals surface area contributed by atoms with Crippen molar-refractivity contribution in [3.63, 3.8) is 0 Å². The van der Waals surface area contributed by atoms with E-state index in [9.17, 15) is 0 Å². The third-order valence-electron chi connectivity index (χ3n) is 2.84. The van der Waals surface area contributed by atoms with Crippen molar-refractivity contribution in [1.29, 1.82) is 5.26 Å². The molecular formula is C14H13ClN4O2. The minimum absolute atomic E-state index is 0.260. The number of nitrogen functional groups attached to an aromatic ring is 1. The van der Waals surface area contributed by atoms with Crippen molar-refractivity contribution in [3.8, 4) is 17.6 Å². The SMILES string of the molecule is COc1cc(Nc2nccc(C#N)c2N)c(OC)cc1Cl. The van der Waals surface area contributed by atoms with Crippen LogP contribution in [0.5, 0.6) is 11.5 Å². The number of ether oxygens (including phenoxy) is 2. The summed E-state index contributed by atoms with van der Waals surface area (Å²) in [7, 11) is 3.03. The third-order valence-corrected chi connectivity index (χ3v) is 3.13. The zero-order valence-corrected chi connectivity index (χ0v) is 12.2. The van der Waals surface area contributed by atoms with Crippen molar-refractivity contribution >= 4 is 28.8 Å². The topological polar surface area (TPSA) is 93.2 Å². The molecule has 0 unspecified atom stereocenters. The van der Waals surface area contributed by atoms with Crippen LogP contribution < -0.4 is 20.5 Å². The number of nitrogens with two attached hydrogens (primary N) is 1. The van der Waals surface area contributed by atoms with Gasteiger partial charge in [-0.2, -0.15) is 5.26 Å². The Hall–Kier alpha value is -2.65. The van der Waals surface area contributed by atoms with Gasteiger partial charge in [0.1, 0.15) is 17.6 Å². The Morgan fingerprint density at radius 1 is 1.29 bits per heavy atom. The van der Waals surface area contributed by atoms with E-state index in [1.165, 1.54) is 20.4 Å². The van der Waals surface area contributed by atoms with Crippen molar-refractivity contribution in [2.45, 2.75) is 0 Å². The van der Waals surface area contributed by atoms with Crippen molar-refractivity contribution in [2.75, 3.05) is 25.3 Å². The molecule has 2 rings (SSSR count). The summed E-state index contributed by atoms with van der Waals surface area (Å²) in [6.07, 6.45) is 1.50. The number of nitriles is 1. The lowest BCUT2D eigenvalue weighted by Crippen LogP contribution is -2.03. The zero-order chi connectivity index (χ0) is 15.4. The molecule has 0 bridgehead atoms. The molecule has 6 nitrogen and oxygen atoms in total. The van der Waals surface area contributed by atoms with Crippen LogP contribution in [0.4, 0.5) is 17.2 Å². The van der Waals surface area contributed by atoms with Gasteiger partial charge in [-0.3, -0.25) is 0 Å². The molecule has 21 heavy (non-hydrogen) atoms. The third kappa shape index (κ3) is 2.93. The smallest absolute Gasteiger partial charge is 0.155 e. The average Bonchev–Trinajstić information content (AvgIpc) is 2.50. The van der Waals surface area contributed by atoms with E-state index in [2.05, 4.69) is 10.3 Å². The quantitative estimate of drug-likeness (QED) is 0.902. The number of nitrogens with zero attached hydrogens (tertiary/aromatic N) is 2. The summed E-state index contributed by atoms with van der Waals surface area (Å²) >= 11 is 6.05. The molecule has 0 saturated heterocycles. The van der Waals surface area contributed by atoms with Crippen molar-refractivity contribution in [1.82, 2.24) is 4.98 Å². The largest absolute Gasteiger partial charge is 0.495 e. The lowest BCUT2D eigenvalue weighted by Gasteiger charge is -2.14. The Kier molecular flexibility index (Phi) is 4.36. The number of anilines is 3. The summed E-state index contributed by atoms with van der Waals surface area (Å²) in [6, 6.07) is 6.83. The molecule has 1 aromatic heterocycles. The van der Waals surface area contributed by atoms with Gasteiger partial charge in [0.25, 0.3) is 0 Å². The highest BCUT2D eigenvalue weighted by Crippen LogP contribution is 2.38. The van der Waals surface area contributed by atoms with Crippen LogP contribution in [-0.2, 0) is 0 Å². The molecule has 0 fully saturated rings. The molecule has 7 heteroatoms. The molecule has 0 radical (unpaired) electrons. The highest BCUT2D eigenvalue weighted by molar-refractivity contribution is 6.32. The van der Waals surface area contributed by atoms with Crippen LogP contribution in [0, 0.1) is 11.3 Å². The van der Waals surface area contributed by atoms with Gasteiger partial charge in [-0.15, -0.1) is 0 Å². The summed E-state index contributed by atoms with van der Waals surface area (Å²) in [5, 5.41) is 12.4. The van der Waals surface area contributed by atoms with Crippen LogP contribution >= 0.6 is 11.6 Å². The first kappa shape index (κ1) is 14.8. The summed E-state index contributed by atoms with van der Waals surface area (Å²) in [5.74, 6) is 1.34. The van der Waals surface area contributed by atoms with Gasteiger partial charge in [0.2, 0.25) is 0 Å². The van der Waals surface area contributed by atoms with Gasteiger partial charge in [0.05, 0.1) is 36.2 Å². The average molecular weight is 305 g/mol. The number of halogens is 1. The number of rotatable bonds is 4. The van der Waals surface area contributed by atoms with Gasteiger partial charge in [-0.25, -0.2) is 4.98 Å². The van der Waals surface area contributed by atoms with E-state index < -0.39 is 0 Å². The minimum Gasteiger partial charge on any atom is -0.495 e. The zero-order valence-electron chi connectivity index (χ0n) is 11.5. The molecule has 0 aliphatic heterocycles. The number of methoxy groups -OCH3 is 2. The monoisotopic (exact) mass is 304 g/mol. The maximum absolute atomic E-state index is 8.98. The molecule has 0 spiro atoms. The molecule has 0 amide bonds. The molecule has 0 aliphatic carbocycles. The lowest BCUT2D eigenvalue weighted by molar-refractivity contribution is 0.405. The first-order valence-corrected chi connectivity index (χ1v) is 6.31. The van der Waals surface area contributed by atoms with Gasteiger partial charge < -0.3 is 20.5 Å². The van der Waals surface area contributed by atoms with E-state index in [1.807, 2.05) is 6.07 Å². The molecule has 0 atom stereocenters. The molecule has 1 aromatic carbocycles. The highest BCUT2D eigenvalue weighted by atomic mass is 35.5. The Bertz CT molecular complexity index is 713. The maximum Gasteiger partial charge on any atom is 0.155 e. The van der Waals surface area contributed by atoms with Crippen LogP contribution in [0.15, 0.2) is 24.4 Å². The van der Waals surface area contributed by atoms with Crippen molar-refractivity contribution < 1.29 is 9.47 Å². The van der Waals surface area contributed by atoms with E-state index in [0.29, 0.717) is 33.6 Å². The van der Waals surface area contributed by atoms with E-state index in [-0.39, 0.29) is 5.69 Å². The second-order valence-corrected chi connectivity index (χ2v) is 4.45. The second-order valence-electron chi connectivity index (χ2n) is 4.04. The summed E-state index contributed by atoms with van der Waals surface area (Å²) in [6.45, 7) is 0. The van der Waals surface area contributed by atoms with E-state index in [1.54, 1.807) is 18.2 Å². The Morgan fingerprint density at radius 2 is 2.00 bits per heavy atom. The first-order valence-electron chi connectivity index (χ1n) is 5.93. The molecule has 0 aliphatic rings. The minimum atomic E-state index is 0.260. The molecule has 3 N–H and O–H groups in total. The standard InChI is InChI=1S/C14H13ClN4O2/c1-20-11-6-10(12(21-2)5-9(11)15)19-14-13(17)8(7-16)3-4-18-14/h3-6H,17H2,1-2H3,(H,18,19). The first-order chi connectivity index (χ1) is 10.1. The van der Waals surface area contributed by atoms with Crippen molar-refractivity contribution in [2.24, 2.45) is 0 Å². The molecule has 108 valence electrons. The molecular weight excluding hydrogens is 292 g/mol. The number of benzene rings is 1. The predicted octanol–water partition coefficient (Wildman–Crippen LogP) is 2.95. The van der Waals surface area contributed by atoms with Crippen molar-refractivity contribution in [3.05, 3.63) is 35.0 Å². The van der Waals surface area contributed by atoms with Crippen LogP contribution in [0.2, 0.25) is 5.02 Å². The lowest BCUT2D eigenvalue weighted by atomic mass is 10.2. The Balaban J connectivity index is 2.46. The van der Waals surface area contributed by atoms with E-state index >= 15 is 0 Å². The summed E-state index contributed by atoms with van der Waals surface area (Å²) in [4.78, 5) is 4.12. The van der Waals surface area contributed by atoms with Gasteiger partial charge >= 0.3 is 0 Å². The van der Waals surface area contributed by atoms with E-state index in [0.717, 1.165) is 0 Å². The normalized spacial score (nSPS) is 9.81. The van der Waals surface area contributed by atoms with Gasteiger partial charge in [0.15, 0.2) is 5.82 Å². The Morgan fingerprint density at radius 3 is 2.62 bits per heavy atom. The van der Waals surface area contributed by atoms with Gasteiger partial charge in [-0.05, 0) is 6.07 Å². The highest BCUT2D eigenvalue weighted by Gasteiger charge is 2.13. The maximum atomic E-state index is 8.98. The van der Waals surface area contributed by atoms with E-state index in [4.69, 9.17) is 32.1 Å². The molecule has 1 heterocycles. The van der Waals surface area contributed by atoms with Crippen LogP contribution in [0.1, 0.15) is 5.56 Å². The second kappa shape index (κ2) is 6.20. The fourth-order valence-corrected chi connectivity index (χ4v) is 1.99. The number of hydrogen-bond acceptors (Lipinski definition) is 6. The number of nitrogens with one attached hydrogen (secondary N) is 1. The number of aromatic nitrogens is 1. The van der Waals surface area contributed by atoms with Crippen LogP contribution in [0.25, 0.3) is 0 Å². The van der Waals surface area contributed by atoms with Crippen LogP contribution in [0.3, 0.4) is 0 Å². The number of hydrogen-bond donors (Lipinski definition) is 2. The van der Waals surface area contributed by atoms with Crippen LogP contribution in [-0.4, -0.2) is 19.2 Å². The Labute approximate surface area is 127 Å². The summed E-state index contributed by atoms with van der Waals surface area (Å²) < 4.78 is 10.4.